The minimum Gasteiger partial charge on any atom is -0.383 e. The summed E-state index contributed by atoms with van der Waals surface area (Å²) >= 11 is 0. The van der Waals surface area contributed by atoms with E-state index in [0.717, 1.165) is 42.6 Å². The van der Waals surface area contributed by atoms with Crippen LogP contribution in [0.5, 0.6) is 0 Å². The van der Waals surface area contributed by atoms with Crippen LogP contribution in [0.25, 0.3) is 22.3 Å². The minimum absolute atomic E-state index is 0.0619. The van der Waals surface area contributed by atoms with E-state index in [2.05, 4.69) is 35.2 Å². The van der Waals surface area contributed by atoms with Crippen molar-refractivity contribution in [2.24, 2.45) is 0 Å². The zero-order chi connectivity index (χ0) is 21.7. The van der Waals surface area contributed by atoms with Crippen LogP contribution in [0.4, 0.5) is 10.2 Å². The molecule has 1 aromatic heterocycles. The highest BCUT2D eigenvalue weighted by molar-refractivity contribution is 5.97. The van der Waals surface area contributed by atoms with Gasteiger partial charge in [-0.15, -0.1) is 0 Å². The van der Waals surface area contributed by atoms with Crippen molar-refractivity contribution in [2.45, 2.75) is 26.3 Å². The second-order valence-corrected chi connectivity index (χ2v) is 8.56. The summed E-state index contributed by atoms with van der Waals surface area (Å²) in [5, 5.41) is 2.85. The molecule has 0 spiro atoms. The number of benzene rings is 2. The van der Waals surface area contributed by atoms with Gasteiger partial charge in [0.25, 0.3) is 5.91 Å². The van der Waals surface area contributed by atoms with E-state index in [1.165, 1.54) is 16.7 Å². The summed E-state index contributed by atoms with van der Waals surface area (Å²) in [5.74, 6) is -0.480. The van der Waals surface area contributed by atoms with Gasteiger partial charge in [-0.1, -0.05) is 18.2 Å². The zero-order valence-electron chi connectivity index (χ0n) is 17.8. The highest BCUT2D eigenvalue weighted by atomic mass is 19.1. The summed E-state index contributed by atoms with van der Waals surface area (Å²) in [6.45, 7) is 4.59. The molecule has 1 amide bonds. The fourth-order valence-electron chi connectivity index (χ4n) is 4.75. The maximum absolute atomic E-state index is 14.9. The van der Waals surface area contributed by atoms with Gasteiger partial charge < -0.3 is 16.0 Å². The predicted molar refractivity (Wildman–Crippen MR) is 120 cm³/mol. The van der Waals surface area contributed by atoms with Gasteiger partial charge in [-0.2, -0.15) is 4.39 Å². The van der Waals surface area contributed by atoms with E-state index < -0.39 is 5.95 Å². The van der Waals surface area contributed by atoms with Gasteiger partial charge in [-0.3, -0.25) is 4.79 Å². The van der Waals surface area contributed by atoms with Crippen LogP contribution >= 0.6 is 0 Å². The Morgan fingerprint density at radius 2 is 1.84 bits per heavy atom. The van der Waals surface area contributed by atoms with Gasteiger partial charge in [0, 0.05) is 36.3 Å². The number of rotatable bonds is 2. The first-order valence-electron chi connectivity index (χ1n) is 10.6. The average molecular weight is 417 g/mol. The van der Waals surface area contributed by atoms with Crippen molar-refractivity contribution in [2.75, 3.05) is 25.9 Å². The summed E-state index contributed by atoms with van der Waals surface area (Å²) in [4.78, 5) is 18.4. The number of hydrogen-bond acceptors (Lipinski definition) is 4. The third-order valence-corrected chi connectivity index (χ3v) is 6.41. The smallest absolute Gasteiger partial charge is 0.251 e. The molecule has 31 heavy (non-hydrogen) atoms. The van der Waals surface area contributed by atoms with Crippen molar-refractivity contribution >= 4 is 11.7 Å². The lowest BCUT2D eigenvalue weighted by molar-refractivity contribution is 0.0946. The number of pyridine rings is 1. The zero-order valence-corrected chi connectivity index (χ0v) is 17.8. The number of carbonyl (C=O) groups excluding carboxylic acids is 1. The Hall–Kier alpha value is -3.25. The number of carbonyl (C=O) groups is 1. The van der Waals surface area contributed by atoms with Crippen molar-refractivity contribution in [1.29, 1.82) is 0 Å². The van der Waals surface area contributed by atoms with Gasteiger partial charge >= 0.3 is 0 Å². The molecule has 0 unspecified atom stereocenters. The molecule has 5 rings (SSSR count). The maximum atomic E-state index is 14.9. The highest BCUT2D eigenvalue weighted by Crippen LogP contribution is 2.35. The van der Waals surface area contributed by atoms with Crippen molar-refractivity contribution < 1.29 is 9.18 Å². The van der Waals surface area contributed by atoms with Crippen molar-refractivity contribution in [1.82, 2.24) is 15.2 Å². The molecule has 3 heterocycles. The summed E-state index contributed by atoms with van der Waals surface area (Å²) in [5.41, 5.74) is 14.3. The minimum atomic E-state index is -0.567. The lowest BCUT2D eigenvalue weighted by Gasteiger charge is -2.27. The molecule has 3 N–H and O–H groups in total. The highest BCUT2D eigenvalue weighted by Gasteiger charge is 2.21. The Morgan fingerprint density at radius 3 is 2.68 bits per heavy atom. The Labute approximate surface area is 181 Å². The molecule has 5 nitrogen and oxygen atoms in total. The first-order valence-corrected chi connectivity index (χ1v) is 10.6. The molecule has 0 atom stereocenters. The van der Waals surface area contributed by atoms with E-state index in [1.807, 2.05) is 18.2 Å². The van der Waals surface area contributed by atoms with Gasteiger partial charge in [-0.05, 0) is 78.4 Å². The molecule has 0 bridgehead atoms. The van der Waals surface area contributed by atoms with Crippen LogP contribution in [0, 0.1) is 12.9 Å². The van der Waals surface area contributed by atoms with Gasteiger partial charge in [-0.25, -0.2) is 4.98 Å². The monoisotopic (exact) mass is 416 g/mol. The van der Waals surface area contributed by atoms with Gasteiger partial charge in [0.1, 0.15) is 5.82 Å². The second kappa shape index (κ2) is 7.46. The molecule has 3 aromatic rings. The number of aromatic nitrogens is 1. The number of aryl methyl sites for hydroxylation is 1. The summed E-state index contributed by atoms with van der Waals surface area (Å²) in [7, 11) is 2.10. The molecule has 0 saturated heterocycles. The summed E-state index contributed by atoms with van der Waals surface area (Å²) < 4.78 is 14.9. The molecule has 6 heteroatoms. The van der Waals surface area contributed by atoms with Crippen LogP contribution in [0.15, 0.2) is 36.4 Å². The van der Waals surface area contributed by atoms with Crippen LogP contribution in [0.2, 0.25) is 0 Å². The van der Waals surface area contributed by atoms with E-state index in [0.29, 0.717) is 23.2 Å². The molecular formula is C25H25FN4O. The van der Waals surface area contributed by atoms with Crippen LogP contribution in [0.1, 0.15) is 32.6 Å². The quantitative estimate of drug-likeness (QED) is 0.625. The Morgan fingerprint density at radius 1 is 1.03 bits per heavy atom. The number of nitrogens with two attached hydrogens (primary N) is 1. The number of fused-ring (bicyclic) bond motifs is 2. The van der Waals surface area contributed by atoms with Gasteiger partial charge in [0.2, 0.25) is 5.95 Å². The fraction of sp³-hybridized carbons (Fsp3) is 0.280. The topological polar surface area (TPSA) is 71.2 Å². The van der Waals surface area contributed by atoms with Gasteiger partial charge in [0.05, 0.1) is 0 Å². The normalized spacial score (nSPS) is 15.9. The Balaban J connectivity index is 1.61. The van der Waals surface area contributed by atoms with Crippen LogP contribution in [-0.2, 0) is 19.4 Å². The van der Waals surface area contributed by atoms with Crippen molar-refractivity contribution in [3.05, 3.63) is 70.2 Å². The Bertz CT molecular complexity index is 1220. The van der Waals surface area contributed by atoms with Crippen molar-refractivity contribution in [3.63, 3.8) is 0 Å². The van der Waals surface area contributed by atoms with E-state index >= 15 is 0 Å². The maximum Gasteiger partial charge on any atom is 0.251 e. The molecule has 0 radical (unpaired) electrons. The number of anilines is 1. The van der Waals surface area contributed by atoms with E-state index in [-0.39, 0.29) is 11.7 Å². The third-order valence-electron chi connectivity index (χ3n) is 6.41. The van der Waals surface area contributed by atoms with Crippen LogP contribution < -0.4 is 11.1 Å². The number of nitrogen functional groups attached to an aromatic ring is 1. The molecular weight excluding hydrogens is 391 g/mol. The first-order chi connectivity index (χ1) is 14.9. The number of likely N-dealkylation sites (N-methyl/N-ethyl adjacent to an activating group) is 1. The standard InChI is InChI=1S/C25H25FN4O/c1-14-9-17(11-18-13-30(2)8-6-19(14)18)21-12-22(24(27)29-23(21)26)15-3-4-20-16(10-15)5-7-28-25(20)31/h3-4,9-12H,5-8,13H2,1-2H3,(H2,27,29)(H,28,31). The second-order valence-electron chi connectivity index (χ2n) is 8.56. The molecule has 2 aliphatic rings. The van der Waals surface area contributed by atoms with Crippen LogP contribution in [-0.4, -0.2) is 35.9 Å². The summed E-state index contributed by atoms with van der Waals surface area (Å²) in [6, 6.07) is 11.5. The van der Waals surface area contributed by atoms with E-state index in [4.69, 9.17) is 5.73 Å². The summed E-state index contributed by atoms with van der Waals surface area (Å²) in [6.07, 6.45) is 1.77. The van der Waals surface area contributed by atoms with Crippen molar-refractivity contribution in [3.8, 4) is 22.3 Å². The molecule has 2 aromatic carbocycles. The molecule has 0 aliphatic carbocycles. The SMILES string of the molecule is Cc1cc(-c2cc(-c3ccc4c(c3)CCNC4=O)c(N)nc2F)cc2c1CCN(C)C2. The number of hydrogen-bond donors (Lipinski definition) is 2. The lowest BCUT2D eigenvalue weighted by atomic mass is 9.90. The number of halogens is 1. The number of amides is 1. The fourth-order valence-corrected chi connectivity index (χ4v) is 4.75. The molecule has 2 aliphatic heterocycles. The molecule has 158 valence electrons. The van der Waals surface area contributed by atoms with Crippen LogP contribution in [0.3, 0.4) is 0 Å². The van der Waals surface area contributed by atoms with E-state index in [1.54, 1.807) is 12.1 Å². The van der Waals surface area contributed by atoms with E-state index in [9.17, 15) is 9.18 Å². The predicted octanol–water partition coefficient (Wildman–Crippen LogP) is 3.72. The third kappa shape index (κ3) is 3.47. The lowest BCUT2D eigenvalue weighted by Crippen LogP contribution is -2.31. The number of nitrogens with zero attached hydrogens (tertiary/aromatic N) is 2. The van der Waals surface area contributed by atoms with Gasteiger partial charge in [0.15, 0.2) is 0 Å². The molecule has 0 fully saturated rings. The largest absolute Gasteiger partial charge is 0.383 e. The number of nitrogens with one attached hydrogen (secondary N) is 1. The molecule has 0 saturated carbocycles. The average Bonchev–Trinajstić information content (AvgIpc) is 2.73. The first kappa shape index (κ1) is 19.7. The Kier molecular flexibility index (Phi) is 4.74.